The molecule has 0 saturated carbocycles. The maximum absolute atomic E-state index is 13.4. The van der Waals surface area contributed by atoms with Crippen molar-refractivity contribution >= 4 is 29.6 Å². The first-order valence-corrected chi connectivity index (χ1v) is 14.4. The van der Waals surface area contributed by atoms with Gasteiger partial charge in [-0.15, -0.1) is 11.8 Å². The van der Waals surface area contributed by atoms with Crippen molar-refractivity contribution in [2.24, 2.45) is 0 Å². The van der Waals surface area contributed by atoms with Gasteiger partial charge in [0.1, 0.15) is 23.8 Å². The van der Waals surface area contributed by atoms with Gasteiger partial charge >= 0.3 is 0 Å². The number of nitrogens with one attached hydrogen (secondary N) is 1. The summed E-state index contributed by atoms with van der Waals surface area (Å²) in [7, 11) is 1.75. The summed E-state index contributed by atoms with van der Waals surface area (Å²) >= 11 is 2.35. The molecule has 0 aromatic heterocycles. The number of amides is 1. The highest BCUT2D eigenvalue weighted by Gasteiger charge is 2.25. The highest BCUT2D eigenvalue weighted by Crippen LogP contribution is 2.27. The third kappa shape index (κ3) is 9.92. The number of rotatable bonds is 10. The Bertz CT molecular complexity index is 1140. The number of phenolic OH excluding ortho intramolecular Hbond substituents is 1. The number of thioether (sulfide) groups is 1. The van der Waals surface area contributed by atoms with Crippen molar-refractivity contribution in [3.8, 4) is 11.8 Å². The smallest absolute Gasteiger partial charge is 0.259 e. The van der Waals surface area contributed by atoms with Gasteiger partial charge in [0.05, 0.1) is 11.7 Å². The lowest BCUT2D eigenvalue weighted by Gasteiger charge is -2.38. The Morgan fingerprint density at radius 1 is 1.21 bits per heavy atom. The second-order valence-corrected chi connectivity index (χ2v) is 11.1. The van der Waals surface area contributed by atoms with Crippen LogP contribution in [0.25, 0.3) is 0 Å². The zero-order valence-corrected chi connectivity index (χ0v) is 23.3. The van der Waals surface area contributed by atoms with Gasteiger partial charge in [-0.25, -0.2) is 13.2 Å². The van der Waals surface area contributed by atoms with Gasteiger partial charge in [-0.05, 0) is 80.6 Å². The fraction of sp³-hybridized carbons (Fsp3) is 0.481. The molecule has 2 heterocycles. The van der Waals surface area contributed by atoms with Gasteiger partial charge in [0.2, 0.25) is 0 Å². The van der Waals surface area contributed by atoms with Crippen molar-refractivity contribution in [3.05, 3.63) is 53.3 Å². The van der Waals surface area contributed by atoms with Crippen LogP contribution in [0.2, 0.25) is 0 Å². The Morgan fingerprint density at radius 3 is 2.67 bits per heavy atom. The molecule has 2 aromatic rings. The minimum absolute atomic E-state index is 0.171. The molecule has 2 fully saturated rings. The zero-order chi connectivity index (χ0) is 28.2. The van der Waals surface area contributed by atoms with Crippen molar-refractivity contribution < 1.29 is 32.5 Å². The molecule has 12 heteroatoms. The van der Waals surface area contributed by atoms with E-state index in [0.717, 1.165) is 75.2 Å². The maximum atomic E-state index is 13.4. The molecule has 0 bridgehead atoms. The first-order chi connectivity index (χ1) is 18.8. The molecule has 7 nitrogen and oxygen atoms in total. The van der Waals surface area contributed by atoms with Crippen molar-refractivity contribution in [2.45, 2.75) is 54.1 Å². The topological polar surface area (TPSA) is 94.8 Å². The van der Waals surface area contributed by atoms with Gasteiger partial charge in [-0.1, -0.05) is 0 Å². The van der Waals surface area contributed by atoms with Gasteiger partial charge < -0.3 is 14.6 Å². The standard InChI is InChI=1S/C14H19F2NOS.C13H13FN2O3S/c1-18-12-9-17(10-12)6-2-3-7-19-14-5-4-11(15)8-13(14)16;14-10-6-9(5-8(7-15)12(10)17)20-16-13(18)11-3-1-2-4-19-11/h4-5,8,12H,2-3,6-7,9-10H2,1H3;5-6,11,17H,1-4H2,(H,16,18). The van der Waals surface area contributed by atoms with E-state index >= 15 is 0 Å². The number of hydrogen-bond donors (Lipinski definition) is 2. The predicted octanol–water partition coefficient (Wildman–Crippen LogP) is 5.26. The number of unbranched alkanes of at least 4 members (excludes halogenated alkanes) is 1. The van der Waals surface area contributed by atoms with Crippen molar-refractivity contribution in [1.82, 2.24) is 9.62 Å². The van der Waals surface area contributed by atoms with Gasteiger partial charge in [0, 0.05) is 42.7 Å². The first kappa shape index (κ1) is 31.1. The number of benzene rings is 2. The average Bonchev–Trinajstić information content (AvgIpc) is 2.91. The van der Waals surface area contributed by atoms with E-state index in [1.54, 1.807) is 13.2 Å². The van der Waals surface area contributed by atoms with Crippen molar-refractivity contribution in [2.75, 3.05) is 39.1 Å². The number of nitriles is 1. The summed E-state index contributed by atoms with van der Waals surface area (Å²) in [6, 6.07) is 7.80. The number of nitrogens with zero attached hydrogens (tertiary/aromatic N) is 2. The Hall–Kier alpha value is -2.43. The lowest BCUT2D eigenvalue weighted by molar-refractivity contribution is -0.133. The molecule has 0 radical (unpaired) electrons. The van der Waals surface area contributed by atoms with Crippen LogP contribution in [-0.4, -0.2) is 67.2 Å². The number of phenols is 1. The molecule has 1 unspecified atom stereocenters. The molecule has 0 spiro atoms. The summed E-state index contributed by atoms with van der Waals surface area (Å²) in [4.78, 5) is 15.0. The molecule has 2 saturated heterocycles. The Balaban J connectivity index is 0.000000216. The van der Waals surface area contributed by atoms with Crippen LogP contribution in [0.1, 0.15) is 37.7 Å². The quantitative estimate of drug-likeness (QED) is 0.222. The molecule has 2 aliphatic rings. The van der Waals surface area contributed by atoms with E-state index in [2.05, 4.69) is 9.62 Å². The van der Waals surface area contributed by atoms with Crippen LogP contribution in [-0.2, 0) is 14.3 Å². The van der Waals surface area contributed by atoms with Crippen LogP contribution < -0.4 is 4.72 Å². The Morgan fingerprint density at radius 2 is 2.00 bits per heavy atom. The average molecular weight is 584 g/mol. The molecule has 2 aliphatic heterocycles. The van der Waals surface area contributed by atoms with Crippen LogP contribution in [0.5, 0.6) is 5.75 Å². The summed E-state index contributed by atoms with van der Waals surface area (Å²) in [6.07, 6.45) is 4.62. The number of likely N-dealkylation sites (tertiary alicyclic amines) is 1. The van der Waals surface area contributed by atoms with Crippen LogP contribution >= 0.6 is 23.7 Å². The number of hydrogen-bond acceptors (Lipinski definition) is 8. The zero-order valence-electron chi connectivity index (χ0n) is 21.6. The minimum Gasteiger partial charge on any atom is -0.504 e. The molecule has 4 rings (SSSR count). The minimum atomic E-state index is -0.894. The molecule has 212 valence electrons. The fourth-order valence-corrected chi connectivity index (χ4v) is 5.53. The summed E-state index contributed by atoms with van der Waals surface area (Å²) in [6.45, 7) is 3.69. The number of ether oxygens (including phenoxy) is 2. The second-order valence-electron chi connectivity index (χ2n) is 9.08. The highest BCUT2D eigenvalue weighted by atomic mass is 32.2. The SMILES string of the molecule is COC1CN(CCCCSc2ccc(F)cc2F)C1.N#Cc1cc(SNC(=O)C2CCCCO2)cc(F)c1O. The van der Waals surface area contributed by atoms with Crippen LogP contribution in [0.4, 0.5) is 13.2 Å². The summed E-state index contributed by atoms with van der Waals surface area (Å²) < 4.78 is 52.5. The van der Waals surface area contributed by atoms with E-state index in [1.165, 1.54) is 30.0 Å². The molecule has 39 heavy (non-hydrogen) atoms. The van der Waals surface area contributed by atoms with Gasteiger partial charge in [0.25, 0.3) is 5.91 Å². The molecular formula is C27H32F3N3O4S2. The number of carbonyl (C=O) groups excluding carboxylic acids is 1. The van der Waals surface area contributed by atoms with Crippen molar-refractivity contribution in [1.29, 1.82) is 5.26 Å². The predicted molar refractivity (Wildman–Crippen MR) is 144 cm³/mol. The lowest BCUT2D eigenvalue weighted by atomic mass is 10.1. The largest absolute Gasteiger partial charge is 0.504 e. The number of aromatic hydroxyl groups is 1. The number of methoxy groups -OCH3 is 1. The molecule has 1 atom stereocenters. The summed E-state index contributed by atoms with van der Waals surface area (Å²) in [5, 5.41) is 18.0. The van der Waals surface area contributed by atoms with E-state index in [1.807, 2.05) is 0 Å². The van der Waals surface area contributed by atoms with E-state index in [-0.39, 0.29) is 11.5 Å². The first-order valence-electron chi connectivity index (χ1n) is 12.6. The number of halogens is 3. The second kappa shape index (κ2) is 16.0. The van der Waals surface area contributed by atoms with Gasteiger partial charge in [0.15, 0.2) is 11.6 Å². The van der Waals surface area contributed by atoms with Gasteiger partial charge in [-0.3, -0.25) is 14.4 Å². The summed E-state index contributed by atoms with van der Waals surface area (Å²) in [5.74, 6) is -1.97. The van der Waals surface area contributed by atoms with Gasteiger partial charge in [-0.2, -0.15) is 5.26 Å². The maximum Gasteiger partial charge on any atom is 0.259 e. The third-order valence-electron chi connectivity index (χ3n) is 6.18. The van der Waals surface area contributed by atoms with E-state index < -0.39 is 29.3 Å². The van der Waals surface area contributed by atoms with E-state index in [9.17, 15) is 23.1 Å². The van der Waals surface area contributed by atoms with Crippen molar-refractivity contribution in [3.63, 3.8) is 0 Å². The van der Waals surface area contributed by atoms with Crippen LogP contribution in [0.15, 0.2) is 40.1 Å². The lowest BCUT2D eigenvalue weighted by Crippen LogP contribution is -2.51. The van der Waals surface area contributed by atoms with Crippen LogP contribution in [0, 0.1) is 28.8 Å². The molecule has 2 aromatic carbocycles. The normalized spacial score (nSPS) is 17.5. The number of carbonyl (C=O) groups is 1. The van der Waals surface area contributed by atoms with E-state index in [0.29, 0.717) is 28.9 Å². The molecule has 2 N–H and O–H groups in total. The summed E-state index contributed by atoms with van der Waals surface area (Å²) in [5.41, 5.74) is -0.171. The Kier molecular flexibility index (Phi) is 12.7. The van der Waals surface area contributed by atoms with E-state index in [4.69, 9.17) is 14.7 Å². The molecule has 0 aliphatic carbocycles. The fourth-order valence-electron chi connectivity index (χ4n) is 3.91. The highest BCUT2D eigenvalue weighted by molar-refractivity contribution is 7.99. The third-order valence-corrected chi connectivity index (χ3v) is 8.09. The molecule has 1 amide bonds. The van der Waals surface area contributed by atoms with Crippen LogP contribution in [0.3, 0.4) is 0 Å². The molecular weight excluding hydrogens is 551 g/mol. The Labute approximate surface area is 235 Å². The monoisotopic (exact) mass is 583 g/mol.